The maximum Gasteiger partial charge on any atom is 0.128 e. The van der Waals surface area contributed by atoms with Crippen LogP contribution in [-0.2, 0) is 18.0 Å². The minimum atomic E-state index is -0.244. The Morgan fingerprint density at radius 3 is 2.37 bits per heavy atom. The summed E-state index contributed by atoms with van der Waals surface area (Å²) in [6.07, 6.45) is 0. The number of nitrogens with two attached hydrogens (primary N) is 1. The predicted molar refractivity (Wildman–Crippen MR) is 77.2 cm³/mol. The van der Waals surface area contributed by atoms with E-state index in [1.165, 1.54) is 6.07 Å². The first-order valence-corrected chi connectivity index (χ1v) is 6.27. The van der Waals surface area contributed by atoms with Crippen LogP contribution in [0, 0.1) is 5.82 Å². The molecule has 0 atom stereocenters. The quantitative estimate of drug-likeness (QED) is 0.851. The Morgan fingerprint density at radius 1 is 1.05 bits per heavy atom. The van der Waals surface area contributed by atoms with E-state index in [0.29, 0.717) is 17.2 Å². The van der Waals surface area contributed by atoms with Gasteiger partial charge < -0.3 is 10.5 Å². The van der Waals surface area contributed by atoms with Crippen LogP contribution in [0.4, 0.5) is 4.39 Å². The molecule has 0 saturated carbocycles. The summed E-state index contributed by atoms with van der Waals surface area (Å²) in [6.45, 7) is 0.676. The van der Waals surface area contributed by atoms with Crippen LogP contribution in [0.1, 0.15) is 16.7 Å². The number of ether oxygens (including phenoxy) is 1. The molecular weight excluding hydrogens is 261 g/mol. The van der Waals surface area contributed by atoms with Crippen LogP contribution in [0.2, 0.25) is 0 Å². The first kappa shape index (κ1) is 13.6. The van der Waals surface area contributed by atoms with Gasteiger partial charge in [-0.2, -0.15) is 0 Å². The number of thiocarbonyl (C=S) groups is 1. The van der Waals surface area contributed by atoms with Crippen molar-refractivity contribution in [2.45, 2.75) is 13.2 Å². The minimum Gasteiger partial charge on any atom is -0.389 e. The van der Waals surface area contributed by atoms with Gasteiger partial charge in [0, 0.05) is 11.1 Å². The van der Waals surface area contributed by atoms with Crippen molar-refractivity contribution in [1.82, 2.24) is 0 Å². The van der Waals surface area contributed by atoms with Crippen molar-refractivity contribution in [3.05, 3.63) is 71.0 Å². The molecule has 0 unspecified atom stereocenters. The van der Waals surface area contributed by atoms with E-state index >= 15 is 0 Å². The van der Waals surface area contributed by atoms with Crippen molar-refractivity contribution in [2.75, 3.05) is 0 Å². The van der Waals surface area contributed by atoms with E-state index in [4.69, 9.17) is 22.7 Å². The molecule has 0 aliphatic heterocycles. The Morgan fingerprint density at radius 2 is 1.74 bits per heavy atom. The predicted octanol–water partition coefficient (Wildman–Crippen LogP) is 3.18. The maximum atomic E-state index is 13.3. The van der Waals surface area contributed by atoms with Crippen molar-refractivity contribution < 1.29 is 9.13 Å². The second-order valence-electron chi connectivity index (χ2n) is 4.15. The molecule has 0 fully saturated rings. The van der Waals surface area contributed by atoms with Gasteiger partial charge in [0.25, 0.3) is 0 Å². The van der Waals surface area contributed by atoms with E-state index in [1.54, 1.807) is 18.2 Å². The molecule has 4 heteroatoms. The lowest BCUT2D eigenvalue weighted by Gasteiger charge is -2.06. The largest absolute Gasteiger partial charge is 0.389 e. The van der Waals surface area contributed by atoms with Crippen LogP contribution in [0.3, 0.4) is 0 Å². The Bertz CT molecular complexity index is 569. The van der Waals surface area contributed by atoms with Gasteiger partial charge in [0.2, 0.25) is 0 Å². The van der Waals surface area contributed by atoms with Crippen LogP contribution < -0.4 is 5.73 Å². The highest BCUT2D eigenvalue weighted by Crippen LogP contribution is 2.10. The fourth-order valence-corrected chi connectivity index (χ4v) is 1.80. The zero-order valence-electron chi connectivity index (χ0n) is 10.3. The molecule has 0 aliphatic rings. The fraction of sp³-hybridized carbons (Fsp3) is 0.133. The lowest BCUT2D eigenvalue weighted by molar-refractivity contribution is 0.105. The van der Waals surface area contributed by atoms with Crippen molar-refractivity contribution in [1.29, 1.82) is 0 Å². The molecule has 2 rings (SSSR count). The molecule has 0 bridgehead atoms. The molecule has 0 heterocycles. The summed E-state index contributed by atoms with van der Waals surface area (Å²) < 4.78 is 18.8. The average molecular weight is 275 g/mol. The topological polar surface area (TPSA) is 35.2 Å². The summed E-state index contributed by atoms with van der Waals surface area (Å²) in [5.41, 5.74) is 7.90. The zero-order chi connectivity index (χ0) is 13.7. The monoisotopic (exact) mass is 275 g/mol. The second-order valence-corrected chi connectivity index (χ2v) is 4.59. The van der Waals surface area contributed by atoms with Gasteiger partial charge in [-0.05, 0) is 11.6 Å². The summed E-state index contributed by atoms with van der Waals surface area (Å²) in [4.78, 5) is 0.374. The maximum absolute atomic E-state index is 13.3. The second kappa shape index (κ2) is 6.41. The van der Waals surface area contributed by atoms with Crippen molar-refractivity contribution >= 4 is 17.2 Å². The van der Waals surface area contributed by atoms with Gasteiger partial charge in [0.1, 0.15) is 10.8 Å². The van der Waals surface area contributed by atoms with Gasteiger partial charge in [-0.3, -0.25) is 0 Å². The van der Waals surface area contributed by atoms with Gasteiger partial charge in [-0.25, -0.2) is 4.39 Å². The van der Waals surface area contributed by atoms with Crippen molar-refractivity contribution in [2.24, 2.45) is 5.73 Å². The Hall–Kier alpha value is -1.78. The lowest BCUT2D eigenvalue weighted by Crippen LogP contribution is -2.09. The number of halogens is 1. The third kappa shape index (κ3) is 3.84. The molecular formula is C15H14FNOS. The van der Waals surface area contributed by atoms with Crippen molar-refractivity contribution in [3.8, 4) is 0 Å². The number of rotatable bonds is 5. The molecule has 2 aromatic carbocycles. The van der Waals surface area contributed by atoms with E-state index in [0.717, 1.165) is 11.1 Å². The molecule has 2 nitrogen and oxygen atoms in total. The Balaban J connectivity index is 1.89. The van der Waals surface area contributed by atoms with E-state index in [9.17, 15) is 4.39 Å². The van der Waals surface area contributed by atoms with Gasteiger partial charge >= 0.3 is 0 Å². The number of benzene rings is 2. The highest BCUT2D eigenvalue weighted by molar-refractivity contribution is 7.80. The number of hydrogen-bond acceptors (Lipinski definition) is 2. The summed E-state index contributed by atoms with van der Waals surface area (Å²) >= 11 is 4.88. The van der Waals surface area contributed by atoms with Gasteiger partial charge in [0.05, 0.1) is 13.2 Å². The highest BCUT2D eigenvalue weighted by Gasteiger charge is 2.01. The van der Waals surface area contributed by atoms with Crippen LogP contribution in [-0.4, -0.2) is 4.99 Å². The Labute approximate surface area is 117 Å². The van der Waals surface area contributed by atoms with E-state index in [2.05, 4.69) is 0 Å². The van der Waals surface area contributed by atoms with Crippen LogP contribution in [0.5, 0.6) is 0 Å². The summed E-state index contributed by atoms with van der Waals surface area (Å²) in [7, 11) is 0. The van der Waals surface area contributed by atoms with Crippen molar-refractivity contribution in [3.63, 3.8) is 0 Å². The first-order chi connectivity index (χ1) is 9.16. The normalized spacial score (nSPS) is 10.4. The standard InChI is InChI=1S/C15H14FNOS/c16-14-4-2-1-3-13(14)10-18-9-11-5-7-12(8-6-11)15(17)19/h1-8H,9-10H2,(H2,17,19). The zero-order valence-corrected chi connectivity index (χ0v) is 11.1. The van der Waals surface area contributed by atoms with Crippen LogP contribution >= 0.6 is 12.2 Å². The first-order valence-electron chi connectivity index (χ1n) is 5.86. The summed E-state index contributed by atoms with van der Waals surface area (Å²) in [5.74, 6) is -0.244. The lowest BCUT2D eigenvalue weighted by atomic mass is 10.1. The SMILES string of the molecule is NC(=S)c1ccc(COCc2ccccc2F)cc1. The molecule has 98 valence electrons. The van der Waals surface area contributed by atoms with E-state index in [1.807, 2.05) is 24.3 Å². The van der Waals surface area contributed by atoms with Gasteiger partial charge in [0.15, 0.2) is 0 Å². The molecule has 2 N–H and O–H groups in total. The third-order valence-electron chi connectivity index (χ3n) is 2.72. The molecule has 2 aromatic rings. The van der Waals surface area contributed by atoms with Crippen LogP contribution in [0.15, 0.2) is 48.5 Å². The smallest absolute Gasteiger partial charge is 0.128 e. The van der Waals surface area contributed by atoms with E-state index < -0.39 is 0 Å². The van der Waals surface area contributed by atoms with Gasteiger partial charge in [-0.15, -0.1) is 0 Å². The number of hydrogen-bond donors (Lipinski definition) is 1. The van der Waals surface area contributed by atoms with Crippen LogP contribution in [0.25, 0.3) is 0 Å². The summed E-state index contributed by atoms with van der Waals surface area (Å²) in [5, 5.41) is 0. The highest BCUT2D eigenvalue weighted by atomic mass is 32.1. The van der Waals surface area contributed by atoms with E-state index in [-0.39, 0.29) is 12.4 Å². The Kier molecular flexibility index (Phi) is 4.60. The third-order valence-corrected chi connectivity index (χ3v) is 2.96. The average Bonchev–Trinajstić information content (AvgIpc) is 2.41. The molecule has 0 saturated heterocycles. The minimum absolute atomic E-state index is 0.244. The molecule has 0 aliphatic carbocycles. The summed E-state index contributed by atoms with van der Waals surface area (Å²) in [6, 6.07) is 14.1. The van der Waals surface area contributed by atoms with Gasteiger partial charge in [-0.1, -0.05) is 54.7 Å². The molecule has 0 spiro atoms. The molecule has 19 heavy (non-hydrogen) atoms. The molecule has 0 amide bonds. The fourth-order valence-electron chi connectivity index (χ4n) is 1.66. The molecule has 0 radical (unpaired) electrons. The molecule has 0 aromatic heterocycles.